The highest BCUT2D eigenvalue weighted by Gasteiger charge is 2.22. The number of hydrogen-bond acceptors (Lipinski definition) is 2. The van der Waals surface area contributed by atoms with Crippen LogP contribution in [0.3, 0.4) is 0 Å². The molecule has 0 spiro atoms. The molecule has 126 valence electrons. The summed E-state index contributed by atoms with van der Waals surface area (Å²) < 4.78 is 0. The third-order valence-corrected chi connectivity index (χ3v) is 5.15. The Kier molecular flexibility index (Phi) is 5.55. The number of benzene rings is 1. The number of piperidine rings is 2. The number of carbonyl (C=O) groups is 1. The molecule has 0 saturated carbocycles. The van der Waals surface area contributed by atoms with Gasteiger partial charge >= 0.3 is 0 Å². The lowest BCUT2D eigenvalue weighted by Gasteiger charge is -2.29. The predicted molar refractivity (Wildman–Crippen MR) is 95.1 cm³/mol. The van der Waals surface area contributed by atoms with E-state index < -0.39 is 0 Å². The SMILES string of the molecule is C[C@H]1CCC[NH+](CC(=O)Nc2ccc(N3CCCCC3)cc2)C1. The minimum absolute atomic E-state index is 0.139. The van der Waals surface area contributed by atoms with Crippen molar-refractivity contribution in [2.24, 2.45) is 5.92 Å². The molecule has 2 aliphatic heterocycles. The Labute approximate surface area is 139 Å². The lowest BCUT2D eigenvalue weighted by Crippen LogP contribution is -3.14. The highest BCUT2D eigenvalue weighted by molar-refractivity contribution is 5.91. The first kappa shape index (κ1) is 16.3. The molecule has 2 N–H and O–H groups in total. The number of anilines is 2. The summed E-state index contributed by atoms with van der Waals surface area (Å²) >= 11 is 0. The van der Waals surface area contributed by atoms with E-state index in [1.165, 1.54) is 42.7 Å². The minimum Gasteiger partial charge on any atom is -0.372 e. The fraction of sp³-hybridized carbons (Fsp3) is 0.632. The quantitative estimate of drug-likeness (QED) is 0.890. The van der Waals surface area contributed by atoms with Crippen molar-refractivity contribution in [2.45, 2.75) is 39.0 Å². The van der Waals surface area contributed by atoms with E-state index in [2.05, 4.69) is 29.3 Å². The van der Waals surface area contributed by atoms with E-state index in [1.54, 1.807) is 0 Å². The summed E-state index contributed by atoms with van der Waals surface area (Å²) in [7, 11) is 0. The zero-order valence-electron chi connectivity index (χ0n) is 14.3. The Balaban J connectivity index is 1.50. The van der Waals surface area contributed by atoms with E-state index in [1.807, 2.05) is 12.1 Å². The van der Waals surface area contributed by atoms with Gasteiger partial charge in [0.1, 0.15) is 0 Å². The first-order chi connectivity index (χ1) is 11.2. The van der Waals surface area contributed by atoms with Crippen LogP contribution in [0.1, 0.15) is 39.0 Å². The van der Waals surface area contributed by atoms with Gasteiger partial charge in [0.15, 0.2) is 6.54 Å². The van der Waals surface area contributed by atoms with Crippen LogP contribution in [0.25, 0.3) is 0 Å². The van der Waals surface area contributed by atoms with E-state index >= 15 is 0 Å². The van der Waals surface area contributed by atoms with Crippen LogP contribution >= 0.6 is 0 Å². The zero-order valence-corrected chi connectivity index (χ0v) is 14.3. The molecule has 0 radical (unpaired) electrons. The standard InChI is InChI=1S/C19H29N3O/c1-16-6-5-11-21(14-16)15-19(23)20-17-7-9-18(10-8-17)22-12-3-2-4-13-22/h7-10,16H,2-6,11-15H2,1H3,(H,20,23)/p+1/t16-/m0/s1. The molecular formula is C19H30N3O+. The van der Waals surface area contributed by atoms with Crippen molar-refractivity contribution >= 4 is 17.3 Å². The van der Waals surface area contributed by atoms with Gasteiger partial charge in [-0.25, -0.2) is 0 Å². The van der Waals surface area contributed by atoms with Crippen molar-refractivity contribution in [1.29, 1.82) is 0 Å². The molecule has 0 aromatic heterocycles. The van der Waals surface area contributed by atoms with E-state index in [-0.39, 0.29) is 5.91 Å². The number of amides is 1. The number of rotatable bonds is 4. The number of carbonyl (C=O) groups excluding carboxylic acids is 1. The van der Waals surface area contributed by atoms with Gasteiger partial charge in [0.25, 0.3) is 5.91 Å². The van der Waals surface area contributed by atoms with Crippen molar-refractivity contribution in [3.63, 3.8) is 0 Å². The van der Waals surface area contributed by atoms with Gasteiger partial charge in [-0.2, -0.15) is 0 Å². The molecule has 0 aliphatic carbocycles. The summed E-state index contributed by atoms with van der Waals surface area (Å²) in [5.41, 5.74) is 2.19. The second-order valence-electron chi connectivity index (χ2n) is 7.27. The Bertz CT molecular complexity index is 508. The Morgan fingerprint density at radius 3 is 2.61 bits per heavy atom. The molecule has 23 heavy (non-hydrogen) atoms. The van der Waals surface area contributed by atoms with Gasteiger partial charge in [-0.05, 0) is 56.4 Å². The van der Waals surface area contributed by atoms with Crippen LogP contribution in [-0.4, -0.2) is 38.6 Å². The number of nitrogens with zero attached hydrogens (tertiary/aromatic N) is 1. The van der Waals surface area contributed by atoms with E-state index in [4.69, 9.17) is 0 Å². The van der Waals surface area contributed by atoms with Crippen LogP contribution in [0, 0.1) is 5.92 Å². The molecule has 1 unspecified atom stereocenters. The van der Waals surface area contributed by atoms with Gasteiger partial charge in [0.05, 0.1) is 13.1 Å². The maximum atomic E-state index is 12.2. The summed E-state index contributed by atoms with van der Waals surface area (Å²) in [6, 6.07) is 8.35. The summed E-state index contributed by atoms with van der Waals surface area (Å²) in [5.74, 6) is 0.884. The van der Waals surface area contributed by atoms with Crippen LogP contribution in [-0.2, 0) is 4.79 Å². The third-order valence-electron chi connectivity index (χ3n) is 5.15. The lowest BCUT2D eigenvalue weighted by molar-refractivity contribution is -0.900. The topological polar surface area (TPSA) is 36.8 Å². The molecule has 4 nitrogen and oxygen atoms in total. The van der Waals surface area contributed by atoms with Gasteiger partial charge < -0.3 is 15.1 Å². The molecular weight excluding hydrogens is 286 g/mol. The van der Waals surface area contributed by atoms with E-state index in [0.717, 1.165) is 37.8 Å². The maximum Gasteiger partial charge on any atom is 0.279 e. The van der Waals surface area contributed by atoms with Crippen LogP contribution in [0.4, 0.5) is 11.4 Å². The Morgan fingerprint density at radius 2 is 1.91 bits per heavy atom. The molecule has 2 saturated heterocycles. The molecule has 3 rings (SSSR count). The highest BCUT2D eigenvalue weighted by Crippen LogP contribution is 2.21. The highest BCUT2D eigenvalue weighted by atomic mass is 16.2. The second-order valence-corrected chi connectivity index (χ2v) is 7.27. The van der Waals surface area contributed by atoms with Gasteiger partial charge in [-0.1, -0.05) is 6.92 Å². The van der Waals surface area contributed by atoms with Gasteiger partial charge in [0.2, 0.25) is 0 Å². The fourth-order valence-corrected chi connectivity index (χ4v) is 3.90. The molecule has 2 heterocycles. The van der Waals surface area contributed by atoms with E-state index in [0.29, 0.717) is 6.54 Å². The summed E-state index contributed by atoms with van der Waals surface area (Å²) in [6.45, 7) is 7.45. The predicted octanol–water partition coefficient (Wildman–Crippen LogP) is 1.93. The van der Waals surface area contributed by atoms with Crippen LogP contribution in [0.2, 0.25) is 0 Å². The average molecular weight is 316 g/mol. The number of likely N-dealkylation sites (tertiary alicyclic amines) is 1. The minimum atomic E-state index is 0.139. The van der Waals surface area contributed by atoms with Crippen molar-refractivity contribution in [1.82, 2.24) is 0 Å². The first-order valence-electron chi connectivity index (χ1n) is 9.19. The average Bonchev–Trinajstić information content (AvgIpc) is 2.56. The largest absolute Gasteiger partial charge is 0.372 e. The summed E-state index contributed by atoms with van der Waals surface area (Å²) in [6.07, 6.45) is 6.48. The van der Waals surface area contributed by atoms with Crippen molar-refractivity contribution in [3.05, 3.63) is 24.3 Å². The molecule has 2 fully saturated rings. The van der Waals surface area contributed by atoms with Crippen LogP contribution in [0.15, 0.2) is 24.3 Å². The fourth-order valence-electron chi connectivity index (χ4n) is 3.90. The van der Waals surface area contributed by atoms with Crippen molar-refractivity contribution in [2.75, 3.05) is 42.9 Å². The monoisotopic (exact) mass is 316 g/mol. The second kappa shape index (κ2) is 7.82. The smallest absolute Gasteiger partial charge is 0.279 e. The van der Waals surface area contributed by atoms with Crippen LogP contribution < -0.4 is 15.1 Å². The first-order valence-corrected chi connectivity index (χ1v) is 9.19. The number of hydrogen-bond donors (Lipinski definition) is 2. The molecule has 0 bridgehead atoms. The summed E-state index contributed by atoms with van der Waals surface area (Å²) in [5, 5.41) is 3.06. The third kappa shape index (κ3) is 4.71. The Hall–Kier alpha value is -1.55. The zero-order chi connectivity index (χ0) is 16.1. The molecule has 1 aromatic rings. The lowest BCUT2D eigenvalue weighted by atomic mass is 10.0. The molecule has 4 heteroatoms. The number of nitrogens with one attached hydrogen (secondary N) is 2. The molecule has 1 amide bonds. The molecule has 1 aromatic carbocycles. The van der Waals surface area contributed by atoms with Crippen molar-refractivity contribution < 1.29 is 9.69 Å². The molecule has 2 atom stereocenters. The summed E-state index contributed by atoms with van der Waals surface area (Å²) in [4.78, 5) is 16.1. The normalized spacial score (nSPS) is 25.2. The maximum absolute atomic E-state index is 12.2. The molecule has 2 aliphatic rings. The van der Waals surface area contributed by atoms with E-state index in [9.17, 15) is 4.79 Å². The Morgan fingerprint density at radius 1 is 1.17 bits per heavy atom. The van der Waals surface area contributed by atoms with Crippen molar-refractivity contribution in [3.8, 4) is 0 Å². The van der Waals surface area contributed by atoms with Gasteiger partial charge in [-0.15, -0.1) is 0 Å². The van der Waals surface area contributed by atoms with Gasteiger partial charge in [-0.3, -0.25) is 4.79 Å². The number of quaternary nitrogens is 1. The van der Waals surface area contributed by atoms with Crippen LogP contribution in [0.5, 0.6) is 0 Å². The van der Waals surface area contributed by atoms with Gasteiger partial charge in [0, 0.05) is 30.4 Å².